The second kappa shape index (κ2) is 8.16. The molecule has 0 unspecified atom stereocenters. The van der Waals surface area contributed by atoms with Gasteiger partial charge in [-0.15, -0.1) is 0 Å². The third kappa shape index (κ3) is 5.74. The Kier molecular flexibility index (Phi) is 7.23. The molecule has 0 aliphatic carbocycles. The molecule has 19 heavy (non-hydrogen) atoms. The molecule has 1 saturated heterocycles. The SMILES string of the molecule is CCN1CCC(CNS(=O)(=O)N(C)CCCO)CC1. The molecule has 7 heteroatoms. The summed E-state index contributed by atoms with van der Waals surface area (Å²) in [5.74, 6) is 0.434. The third-order valence-corrected chi connectivity index (χ3v) is 5.28. The predicted molar refractivity (Wildman–Crippen MR) is 76.1 cm³/mol. The van der Waals surface area contributed by atoms with Gasteiger partial charge in [0.15, 0.2) is 0 Å². The van der Waals surface area contributed by atoms with Gasteiger partial charge in [-0.25, -0.2) is 4.72 Å². The van der Waals surface area contributed by atoms with Crippen molar-refractivity contribution in [3.8, 4) is 0 Å². The molecule has 0 amide bonds. The first kappa shape index (κ1) is 16.8. The average Bonchev–Trinajstić information content (AvgIpc) is 2.43. The smallest absolute Gasteiger partial charge is 0.279 e. The summed E-state index contributed by atoms with van der Waals surface area (Å²) in [5.41, 5.74) is 0. The minimum Gasteiger partial charge on any atom is -0.396 e. The van der Waals surface area contributed by atoms with E-state index in [4.69, 9.17) is 5.11 Å². The van der Waals surface area contributed by atoms with Crippen LogP contribution in [0.1, 0.15) is 26.2 Å². The van der Waals surface area contributed by atoms with Gasteiger partial charge in [-0.3, -0.25) is 0 Å². The number of nitrogens with one attached hydrogen (secondary N) is 1. The van der Waals surface area contributed by atoms with Gasteiger partial charge in [0.2, 0.25) is 0 Å². The summed E-state index contributed by atoms with van der Waals surface area (Å²) in [6.45, 7) is 6.22. The summed E-state index contributed by atoms with van der Waals surface area (Å²) in [4.78, 5) is 2.39. The van der Waals surface area contributed by atoms with Crippen molar-refractivity contribution in [3.05, 3.63) is 0 Å². The maximum atomic E-state index is 11.9. The molecule has 0 spiro atoms. The van der Waals surface area contributed by atoms with Gasteiger partial charge in [0.05, 0.1) is 0 Å². The quantitative estimate of drug-likeness (QED) is 0.654. The lowest BCUT2D eigenvalue weighted by Gasteiger charge is -2.31. The summed E-state index contributed by atoms with van der Waals surface area (Å²) < 4.78 is 27.8. The summed E-state index contributed by atoms with van der Waals surface area (Å²) >= 11 is 0. The van der Waals surface area contributed by atoms with Gasteiger partial charge < -0.3 is 10.0 Å². The molecule has 0 bridgehead atoms. The van der Waals surface area contributed by atoms with Crippen molar-refractivity contribution in [2.24, 2.45) is 5.92 Å². The van der Waals surface area contributed by atoms with E-state index in [1.807, 2.05) is 0 Å². The molecule has 1 rings (SSSR count). The summed E-state index contributed by atoms with van der Waals surface area (Å²) in [6.07, 6.45) is 2.57. The first-order valence-corrected chi connectivity index (χ1v) is 8.47. The van der Waals surface area contributed by atoms with E-state index in [2.05, 4.69) is 16.5 Å². The average molecular weight is 293 g/mol. The van der Waals surface area contributed by atoms with E-state index in [9.17, 15) is 8.42 Å². The van der Waals surface area contributed by atoms with E-state index in [1.165, 1.54) is 11.4 Å². The zero-order valence-electron chi connectivity index (χ0n) is 12.0. The Morgan fingerprint density at radius 3 is 2.53 bits per heavy atom. The van der Waals surface area contributed by atoms with Crippen LogP contribution in [0.25, 0.3) is 0 Å². The van der Waals surface area contributed by atoms with Gasteiger partial charge in [-0.05, 0) is 44.8 Å². The van der Waals surface area contributed by atoms with Crippen molar-refractivity contribution in [2.75, 3.05) is 46.4 Å². The Morgan fingerprint density at radius 1 is 1.37 bits per heavy atom. The number of rotatable bonds is 8. The maximum Gasteiger partial charge on any atom is 0.279 e. The van der Waals surface area contributed by atoms with Crippen LogP contribution in [0.15, 0.2) is 0 Å². The van der Waals surface area contributed by atoms with E-state index in [-0.39, 0.29) is 6.61 Å². The zero-order valence-corrected chi connectivity index (χ0v) is 12.8. The van der Waals surface area contributed by atoms with Crippen LogP contribution in [-0.2, 0) is 10.2 Å². The van der Waals surface area contributed by atoms with Gasteiger partial charge >= 0.3 is 0 Å². The van der Waals surface area contributed by atoms with E-state index >= 15 is 0 Å². The van der Waals surface area contributed by atoms with Gasteiger partial charge in [-0.2, -0.15) is 12.7 Å². The molecular formula is C12H27N3O3S. The highest BCUT2D eigenvalue weighted by Gasteiger charge is 2.22. The van der Waals surface area contributed by atoms with Crippen molar-refractivity contribution in [2.45, 2.75) is 26.2 Å². The highest BCUT2D eigenvalue weighted by molar-refractivity contribution is 7.87. The van der Waals surface area contributed by atoms with Crippen molar-refractivity contribution >= 4 is 10.2 Å². The molecule has 2 N–H and O–H groups in total. The second-order valence-electron chi connectivity index (χ2n) is 5.13. The molecule has 0 radical (unpaired) electrons. The van der Waals surface area contributed by atoms with Crippen LogP contribution in [0, 0.1) is 5.92 Å². The first-order chi connectivity index (χ1) is 8.99. The van der Waals surface area contributed by atoms with Crippen LogP contribution in [0.5, 0.6) is 0 Å². The van der Waals surface area contributed by atoms with Gasteiger partial charge in [0, 0.05) is 26.7 Å². The summed E-state index contributed by atoms with van der Waals surface area (Å²) in [7, 11) is -1.85. The molecule has 114 valence electrons. The lowest BCUT2D eigenvalue weighted by atomic mass is 9.97. The highest BCUT2D eigenvalue weighted by atomic mass is 32.2. The largest absolute Gasteiger partial charge is 0.396 e. The van der Waals surface area contributed by atoms with Gasteiger partial charge in [0.1, 0.15) is 0 Å². The Morgan fingerprint density at radius 2 is 2.00 bits per heavy atom. The van der Waals surface area contributed by atoms with Crippen LogP contribution in [0.4, 0.5) is 0 Å². The maximum absolute atomic E-state index is 11.9. The summed E-state index contributed by atoms with van der Waals surface area (Å²) in [5, 5.41) is 8.72. The molecule has 0 aromatic carbocycles. The van der Waals surface area contributed by atoms with Gasteiger partial charge in [-0.1, -0.05) is 6.92 Å². The number of likely N-dealkylation sites (tertiary alicyclic amines) is 1. The van der Waals surface area contributed by atoms with Crippen LogP contribution >= 0.6 is 0 Å². The number of hydrogen-bond acceptors (Lipinski definition) is 4. The van der Waals surface area contributed by atoms with Crippen LogP contribution in [-0.4, -0.2) is 69.1 Å². The fourth-order valence-corrected chi connectivity index (χ4v) is 3.29. The fourth-order valence-electron chi connectivity index (χ4n) is 2.25. The molecular weight excluding hydrogens is 266 g/mol. The van der Waals surface area contributed by atoms with Crippen molar-refractivity contribution < 1.29 is 13.5 Å². The van der Waals surface area contributed by atoms with Gasteiger partial charge in [0.25, 0.3) is 10.2 Å². The lowest BCUT2D eigenvalue weighted by Crippen LogP contribution is -2.43. The molecule has 1 aliphatic heterocycles. The Bertz CT molecular complexity index is 340. The molecule has 0 aromatic heterocycles. The standard InChI is InChI=1S/C12H27N3O3S/c1-3-15-8-5-12(6-9-15)11-13-19(17,18)14(2)7-4-10-16/h12-13,16H,3-11H2,1-2H3. The molecule has 6 nitrogen and oxygen atoms in total. The monoisotopic (exact) mass is 293 g/mol. The predicted octanol–water partition coefficient (Wildman–Crippen LogP) is -0.133. The van der Waals surface area contributed by atoms with E-state index in [0.29, 0.717) is 25.4 Å². The van der Waals surface area contributed by atoms with Crippen molar-refractivity contribution in [3.63, 3.8) is 0 Å². The van der Waals surface area contributed by atoms with E-state index < -0.39 is 10.2 Å². The molecule has 1 aliphatic rings. The molecule has 1 fully saturated rings. The molecule has 0 aromatic rings. The minimum absolute atomic E-state index is 0.00926. The van der Waals surface area contributed by atoms with Crippen LogP contribution in [0.2, 0.25) is 0 Å². The Balaban J connectivity index is 2.31. The molecule has 1 heterocycles. The number of aliphatic hydroxyl groups excluding tert-OH is 1. The normalized spacial score (nSPS) is 19.2. The Hall–Kier alpha value is -0.210. The second-order valence-corrected chi connectivity index (χ2v) is 6.99. The summed E-state index contributed by atoms with van der Waals surface area (Å²) in [6, 6.07) is 0. The minimum atomic E-state index is -3.39. The number of aliphatic hydroxyl groups is 1. The first-order valence-electron chi connectivity index (χ1n) is 7.03. The zero-order chi connectivity index (χ0) is 14.3. The highest BCUT2D eigenvalue weighted by Crippen LogP contribution is 2.16. The molecule has 0 atom stereocenters. The molecule has 0 saturated carbocycles. The number of piperidine rings is 1. The topological polar surface area (TPSA) is 72.9 Å². The Labute approximate surface area is 117 Å². The number of nitrogens with zero attached hydrogens (tertiary/aromatic N) is 2. The van der Waals surface area contributed by atoms with Crippen LogP contribution in [0.3, 0.4) is 0 Å². The fraction of sp³-hybridized carbons (Fsp3) is 1.00. The van der Waals surface area contributed by atoms with E-state index in [0.717, 1.165) is 32.5 Å². The van der Waals surface area contributed by atoms with Crippen molar-refractivity contribution in [1.82, 2.24) is 13.9 Å². The van der Waals surface area contributed by atoms with Crippen molar-refractivity contribution in [1.29, 1.82) is 0 Å². The third-order valence-electron chi connectivity index (χ3n) is 3.75. The lowest BCUT2D eigenvalue weighted by molar-refractivity contribution is 0.193. The van der Waals surface area contributed by atoms with Crippen LogP contribution < -0.4 is 4.72 Å². The number of hydrogen-bond donors (Lipinski definition) is 2. The van der Waals surface area contributed by atoms with E-state index in [1.54, 1.807) is 0 Å².